The summed E-state index contributed by atoms with van der Waals surface area (Å²) in [4.78, 5) is 11.7. The Morgan fingerprint density at radius 1 is 1.11 bits per heavy atom. The molecule has 0 atom stereocenters. The Morgan fingerprint density at radius 3 is 2.47 bits per heavy atom. The monoisotopic (exact) mass is 255 g/mol. The molecule has 0 unspecified atom stereocenters. The molecule has 19 heavy (non-hydrogen) atoms. The quantitative estimate of drug-likeness (QED) is 0.831. The lowest BCUT2D eigenvalue weighted by Crippen LogP contribution is -2.08. The van der Waals surface area contributed by atoms with Crippen LogP contribution in [0.4, 0.5) is 10.1 Å². The van der Waals surface area contributed by atoms with Crippen LogP contribution >= 0.6 is 0 Å². The van der Waals surface area contributed by atoms with Crippen molar-refractivity contribution < 1.29 is 9.18 Å². The lowest BCUT2D eigenvalue weighted by molar-refractivity contribution is -0.111. The van der Waals surface area contributed by atoms with Crippen LogP contribution in [0, 0.1) is 12.7 Å². The fourth-order valence-corrected chi connectivity index (χ4v) is 1.63. The summed E-state index contributed by atoms with van der Waals surface area (Å²) in [7, 11) is 0. The van der Waals surface area contributed by atoms with Gasteiger partial charge in [0.2, 0.25) is 5.91 Å². The third kappa shape index (κ3) is 3.78. The predicted molar refractivity (Wildman–Crippen MR) is 75.2 cm³/mol. The molecule has 0 fully saturated rings. The van der Waals surface area contributed by atoms with Gasteiger partial charge in [-0.15, -0.1) is 0 Å². The number of anilines is 1. The Kier molecular flexibility index (Phi) is 4.08. The molecule has 1 N–H and O–H groups in total. The number of carbonyl (C=O) groups is 1. The van der Waals surface area contributed by atoms with Gasteiger partial charge in [-0.05, 0) is 42.3 Å². The van der Waals surface area contributed by atoms with E-state index in [1.807, 2.05) is 31.2 Å². The Labute approximate surface area is 111 Å². The van der Waals surface area contributed by atoms with Crippen LogP contribution in [0.25, 0.3) is 6.08 Å². The van der Waals surface area contributed by atoms with Gasteiger partial charge in [-0.25, -0.2) is 4.39 Å². The molecule has 0 aromatic heterocycles. The first-order valence-electron chi connectivity index (χ1n) is 5.95. The van der Waals surface area contributed by atoms with Crippen LogP contribution in [0.1, 0.15) is 11.1 Å². The van der Waals surface area contributed by atoms with Gasteiger partial charge in [0.05, 0.1) is 0 Å². The fourth-order valence-electron chi connectivity index (χ4n) is 1.63. The molecule has 0 saturated heterocycles. The van der Waals surface area contributed by atoms with Crippen molar-refractivity contribution in [1.29, 1.82) is 0 Å². The summed E-state index contributed by atoms with van der Waals surface area (Å²) in [5.74, 6) is -0.500. The first-order chi connectivity index (χ1) is 9.15. The second-order valence-corrected chi connectivity index (χ2v) is 4.19. The number of hydrogen-bond donors (Lipinski definition) is 1. The minimum Gasteiger partial charge on any atom is -0.322 e. The Balaban J connectivity index is 2.02. The summed E-state index contributed by atoms with van der Waals surface area (Å²) in [5, 5.41) is 2.79. The minimum atomic E-state index is -0.290. The third-order valence-corrected chi connectivity index (χ3v) is 2.70. The van der Waals surface area contributed by atoms with E-state index in [0.717, 1.165) is 16.8 Å². The first kappa shape index (κ1) is 13.0. The molecule has 96 valence electrons. The van der Waals surface area contributed by atoms with E-state index >= 15 is 0 Å². The zero-order valence-electron chi connectivity index (χ0n) is 10.6. The average Bonchev–Trinajstić information content (AvgIpc) is 2.41. The van der Waals surface area contributed by atoms with Gasteiger partial charge in [-0.3, -0.25) is 4.79 Å². The number of para-hydroxylation sites is 1. The van der Waals surface area contributed by atoms with Crippen molar-refractivity contribution in [3.8, 4) is 0 Å². The molecular weight excluding hydrogens is 241 g/mol. The highest BCUT2D eigenvalue weighted by Crippen LogP contribution is 2.13. The van der Waals surface area contributed by atoms with Crippen LogP contribution in [0.15, 0.2) is 54.6 Å². The largest absolute Gasteiger partial charge is 0.322 e. The number of halogens is 1. The predicted octanol–water partition coefficient (Wildman–Crippen LogP) is 3.79. The molecule has 2 aromatic rings. The Morgan fingerprint density at radius 2 is 1.79 bits per heavy atom. The zero-order chi connectivity index (χ0) is 13.7. The second-order valence-electron chi connectivity index (χ2n) is 4.19. The van der Waals surface area contributed by atoms with Crippen LogP contribution in [0.3, 0.4) is 0 Å². The van der Waals surface area contributed by atoms with Gasteiger partial charge in [0.15, 0.2) is 0 Å². The van der Waals surface area contributed by atoms with Crippen molar-refractivity contribution in [3.05, 3.63) is 71.6 Å². The van der Waals surface area contributed by atoms with Crippen molar-refractivity contribution in [2.24, 2.45) is 0 Å². The molecule has 2 aromatic carbocycles. The molecule has 0 heterocycles. The van der Waals surface area contributed by atoms with Gasteiger partial charge >= 0.3 is 0 Å². The van der Waals surface area contributed by atoms with E-state index in [-0.39, 0.29) is 11.7 Å². The van der Waals surface area contributed by atoms with Crippen molar-refractivity contribution in [1.82, 2.24) is 0 Å². The van der Waals surface area contributed by atoms with Gasteiger partial charge in [0.1, 0.15) is 5.82 Å². The summed E-state index contributed by atoms with van der Waals surface area (Å²) in [6, 6.07) is 13.5. The number of nitrogens with one attached hydrogen (secondary N) is 1. The third-order valence-electron chi connectivity index (χ3n) is 2.70. The molecule has 2 rings (SSSR count). The maximum atomic E-state index is 12.7. The van der Waals surface area contributed by atoms with Crippen LogP contribution < -0.4 is 5.32 Å². The van der Waals surface area contributed by atoms with Crippen molar-refractivity contribution >= 4 is 17.7 Å². The molecule has 0 aliphatic carbocycles. The van der Waals surface area contributed by atoms with E-state index in [2.05, 4.69) is 5.32 Å². The lowest BCUT2D eigenvalue weighted by Gasteiger charge is -2.05. The van der Waals surface area contributed by atoms with Gasteiger partial charge in [-0.1, -0.05) is 30.3 Å². The van der Waals surface area contributed by atoms with E-state index < -0.39 is 0 Å². The SMILES string of the molecule is Cc1ccccc1NC(=O)/C=C/c1ccc(F)cc1. The maximum Gasteiger partial charge on any atom is 0.248 e. The number of carbonyl (C=O) groups excluding carboxylic acids is 1. The van der Waals surface area contributed by atoms with Gasteiger partial charge in [-0.2, -0.15) is 0 Å². The molecule has 0 saturated carbocycles. The summed E-state index contributed by atoms with van der Waals surface area (Å²) in [6.45, 7) is 1.93. The smallest absolute Gasteiger partial charge is 0.248 e. The van der Waals surface area contributed by atoms with Crippen molar-refractivity contribution in [3.63, 3.8) is 0 Å². The molecule has 0 radical (unpaired) electrons. The maximum absolute atomic E-state index is 12.7. The topological polar surface area (TPSA) is 29.1 Å². The molecule has 1 amide bonds. The standard InChI is InChI=1S/C16H14FNO/c1-12-4-2-3-5-15(12)18-16(19)11-8-13-6-9-14(17)10-7-13/h2-11H,1H3,(H,18,19)/b11-8+. The molecular formula is C16H14FNO. The molecule has 0 spiro atoms. The number of amides is 1. The number of rotatable bonds is 3. The second kappa shape index (κ2) is 5.96. The normalized spacial score (nSPS) is 10.6. The van der Waals surface area contributed by atoms with E-state index in [4.69, 9.17) is 0 Å². The van der Waals surface area contributed by atoms with Gasteiger partial charge < -0.3 is 5.32 Å². The van der Waals surface area contributed by atoms with E-state index in [9.17, 15) is 9.18 Å². The van der Waals surface area contributed by atoms with Crippen LogP contribution in [-0.4, -0.2) is 5.91 Å². The van der Waals surface area contributed by atoms with E-state index in [1.54, 1.807) is 18.2 Å². The first-order valence-corrected chi connectivity index (χ1v) is 5.95. The molecule has 0 bridgehead atoms. The van der Waals surface area contributed by atoms with Crippen LogP contribution in [-0.2, 0) is 4.79 Å². The zero-order valence-corrected chi connectivity index (χ0v) is 10.6. The van der Waals surface area contributed by atoms with E-state index in [1.165, 1.54) is 18.2 Å². The minimum absolute atomic E-state index is 0.210. The van der Waals surface area contributed by atoms with Crippen LogP contribution in [0.5, 0.6) is 0 Å². The molecule has 3 heteroatoms. The van der Waals surface area contributed by atoms with Crippen molar-refractivity contribution in [2.75, 3.05) is 5.32 Å². The average molecular weight is 255 g/mol. The lowest BCUT2D eigenvalue weighted by atomic mass is 10.2. The highest BCUT2D eigenvalue weighted by Gasteiger charge is 2.00. The summed E-state index contributed by atoms with van der Waals surface area (Å²) < 4.78 is 12.7. The molecule has 0 aliphatic heterocycles. The highest BCUT2D eigenvalue weighted by atomic mass is 19.1. The highest BCUT2D eigenvalue weighted by molar-refractivity contribution is 6.02. The van der Waals surface area contributed by atoms with Crippen LogP contribution in [0.2, 0.25) is 0 Å². The Bertz CT molecular complexity index is 602. The number of hydrogen-bond acceptors (Lipinski definition) is 1. The number of aryl methyl sites for hydroxylation is 1. The Hall–Kier alpha value is -2.42. The summed E-state index contributed by atoms with van der Waals surface area (Å²) >= 11 is 0. The summed E-state index contributed by atoms with van der Waals surface area (Å²) in [5.41, 5.74) is 2.57. The number of benzene rings is 2. The fraction of sp³-hybridized carbons (Fsp3) is 0.0625. The van der Waals surface area contributed by atoms with Gasteiger partial charge in [0.25, 0.3) is 0 Å². The molecule has 0 aliphatic rings. The van der Waals surface area contributed by atoms with Gasteiger partial charge in [0, 0.05) is 11.8 Å². The van der Waals surface area contributed by atoms with E-state index in [0.29, 0.717) is 0 Å². The molecule has 2 nitrogen and oxygen atoms in total. The van der Waals surface area contributed by atoms with Crippen molar-refractivity contribution in [2.45, 2.75) is 6.92 Å². The summed E-state index contributed by atoms with van der Waals surface area (Å²) in [6.07, 6.45) is 3.08.